The summed E-state index contributed by atoms with van der Waals surface area (Å²) in [5.74, 6) is -0.277. The molecule has 0 spiro atoms. The second-order valence-electron chi connectivity index (χ2n) is 5.47. The van der Waals surface area contributed by atoms with Gasteiger partial charge in [-0.15, -0.1) is 5.10 Å². The van der Waals surface area contributed by atoms with E-state index in [0.29, 0.717) is 5.69 Å². The number of carbonyl (C=O) groups is 1. The summed E-state index contributed by atoms with van der Waals surface area (Å²) < 4.78 is 5.27. The molecule has 0 radical (unpaired) electrons. The summed E-state index contributed by atoms with van der Waals surface area (Å²) in [7, 11) is 0. The van der Waals surface area contributed by atoms with Gasteiger partial charge in [-0.3, -0.25) is 0 Å². The van der Waals surface area contributed by atoms with Crippen LogP contribution in [0, 0.1) is 5.92 Å². The number of nitrogens with one attached hydrogen (secondary N) is 1. The highest BCUT2D eigenvalue weighted by atomic mass is 16.6. The summed E-state index contributed by atoms with van der Waals surface area (Å²) in [4.78, 5) is 12.0. The minimum atomic E-state index is -0.562. The predicted octanol–water partition coefficient (Wildman–Crippen LogP) is 1.81. The number of rotatable bonds is 4. The van der Waals surface area contributed by atoms with Gasteiger partial charge in [-0.1, -0.05) is 20.3 Å². The molecule has 0 aliphatic carbocycles. The molecule has 0 saturated heterocycles. The van der Waals surface area contributed by atoms with Crippen LogP contribution in [0.25, 0.3) is 0 Å². The van der Waals surface area contributed by atoms with Gasteiger partial charge < -0.3 is 10.5 Å². The molecule has 1 aromatic rings. The minimum Gasteiger partial charge on any atom is -0.455 e. The van der Waals surface area contributed by atoms with Crippen molar-refractivity contribution in [2.24, 2.45) is 11.7 Å². The summed E-state index contributed by atoms with van der Waals surface area (Å²) in [6.07, 6.45) is 0.905. The van der Waals surface area contributed by atoms with E-state index in [4.69, 9.17) is 10.5 Å². The van der Waals surface area contributed by atoms with Gasteiger partial charge in [0.05, 0.1) is 6.04 Å². The van der Waals surface area contributed by atoms with E-state index >= 15 is 0 Å². The quantitative estimate of drug-likeness (QED) is 0.799. The molecule has 2 atom stereocenters. The maximum atomic E-state index is 12.0. The van der Waals surface area contributed by atoms with Gasteiger partial charge in [0.15, 0.2) is 5.69 Å². The second kappa shape index (κ2) is 5.48. The summed E-state index contributed by atoms with van der Waals surface area (Å²) >= 11 is 0. The number of aromatic nitrogens is 3. The van der Waals surface area contributed by atoms with E-state index in [-0.39, 0.29) is 17.7 Å². The Bertz CT molecular complexity index is 408. The van der Waals surface area contributed by atoms with Crippen molar-refractivity contribution in [1.82, 2.24) is 15.4 Å². The molecule has 1 rings (SSSR count). The first kappa shape index (κ1) is 14.6. The molecule has 6 nitrogen and oxygen atoms in total. The SMILES string of the molecule is CCC(C)C(N)c1n[nH]nc1C(=O)OC(C)(C)C. The van der Waals surface area contributed by atoms with Crippen LogP contribution in [0.5, 0.6) is 0 Å². The van der Waals surface area contributed by atoms with Gasteiger partial charge >= 0.3 is 5.97 Å². The maximum absolute atomic E-state index is 12.0. The molecule has 18 heavy (non-hydrogen) atoms. The lowest BCUT2D eigenvalue weighted by atomic mass is 9.96. The average Bonchev–Trinajstić information content (AvgIpc) is 2.73. The van der Waals surface area contributed by atoms with Crippen LogP contribution in [0.4, 0.5) is 0 Å². The van der Waals surface area contributed by atoms with Crippen molar-refractivity contribution in [3.8, 4) is 0 Å². The first-order valence-corrected chi connectivity index (χ1v) is 6.15. The van der Waals surface area contributed by atoms with Crippen molar-refractivity contribution in [2.45, 2.75) is 52.7 Å². The van der Waals surface area contributed by atoms with E-state index in [1.807, 2.05) is 13.8 Å². The second-order valence-corrected chi connectivity index (χ2v) is 5.47. The molecule has 3 N–H and O–H groups in total. The van der Waals surface area contributed by atoms with E-state index < -0.39 is 11.6 Å². The molecule has 1 heterocycles. The highest BCUT2D eigenvalue weighted by molar-refractivity contribution is 5.88. The summed E-state index contributed by atoms with van der Waals surface area (Å²) in [5.41, 5.74) is 6.15. The molecule has 2 unspecified atom stereocenters. The lowest BCUT2D eigenvalue weighted by Gasteiger charge is -2.20. The van der Waals surface area contributed by atoms with E-state index in [2.05, 4.69) is 15.4 Å². The lowest BCUT2D eigenvalue weighted by molar-refractivity contribution is 0.00606. The number of hydrogen-bond acceptors (Lipinski definition) is 5. The summed E-state index contributed by atoms with van der Waals surface area (Å²) in [6.45, 7) is 9.47. The molecule has 0 aliphatic rings. The van der Waals surface area contributed by atoms with Gasteiger partial charge in [0.1, 0.15) is 11.3 Å². The van der Waals surface area contributed by atoms with Crippen LogP contribution in [-0.2, 0) is 4.74 Å². The number of hydrogen-bond donors (Lipinski definition) is 2. The van der Waals surface area contributed by atoms with Crippen molar-refractivity contribution in [3.63, 3.8) is 0 Å². The number of nitrogens with two attached hydrogens (primary N) is 1. The Labute approximate surface area is 107 Å². The molecule has 0 aromatic carbocycles. The van der Waals surface area contributed by atoms with Gasteiger partial charge in [0, 0.05) is 0 Å². The minimum absolute atomic E-state index is 0.178. The van der Waals surface area contributed by atoms with Gasteiger partial charge in [0.2, 0.25) is 0 Å². The zero-order valence-electron chi connectivity index (χ0n) is 11.7. The van der Waals surface area contributed by atoms with Gasteiger partial charge in [0.25, 0.3) is 0 Å². The van der Waals surface area contributed by atoms with Gasteiger partial charge in [-0.25, -0.2) is 4.79 Å². The smallest absolute Gasteiger partial charge is 0.361 e. The third kappa shape index (κ3) is 3.53. The van der Waals surface area contributed by atoms with Crippen LogP contribution in [0.2, 0.25) is 0 Å². The van der Waals surface area contributed by atoms with Crippen molar-refractivity contribution in [3.05, 3.63) is 11.4 Å². The Morgan fingerprint density at radius 3 is 2.56 bits per heavy atom. The van der Waals surface area contributed by atoms with E-state index in [1.54, 1.807) is 20.8 Å². The average molecular weight is 254 g/mol. The van der Waals surface area contributed by atoms with Crippen LogP contribution in [-0.4, -0.2) is 27.0 Å². The predicted molar refractivity (Wildman–Crippen MR) is 67.9 cm³/mol. The molecule has 1 aromatic heterocycles. The molecule has 6 heteroatoms. The molecular weight excluding hydrogens is 232 g/mol. The van der Waals surface area contributed by atoms with Crippen molar-refractivity contribution in [2.75, 3.05) is 0 Å². The Balaban J connectivity index is 2.92. The third-order valence-corrected chi connectivity index (χ3v) is 2.74. The molecule has 0 amide bonds. The normalized spacial score (nSPS) is 15.2. The van der Waals surface area contributed by atoms with E-state index in [0.717, 1.165) is 6.42 Å². The highest BCUT2D eigenvalue weighted by Crippen LogP contribution is 2.23. The molecule has 0 aliphatic heterocycles. The van der Waals surface area contributed by atoms with Crippen molar-refractivity contribution in [1.29, 1.82) is 0 Å². The summed E-state index contributed by atoms with van der Waals surface area (Å²) in [6, 6.07) is -0.323. The first-order chi connectivity index (χ1) is 8.26. The Morgan fingerprint density at radius 2 is 2.06 bits per heavy atom. The van der Waals surface area contributed by atoms with Crippen LogP contribution in [0.3, 0.4) is 0 Å². The van der Waals surface area contributed by atoms with Crippen LogP contribution >= 0.6 is 0 Å². The molecular formula is C12H22N4O2. The van der Waals surface area contributed by atoms with Crippen LogP contribution in [0.15, 0.2) is 0 Å². The summed E-state index contributed by atoms with van der Waals surface area (Å²) in [5, 5.41) is 10.3. The third-order valence-electron chi connectivity index (χ3n) is 2.74. The zero-order valence-corrected chi connectivity index (χ0v) is 11.7. The number of carbonyl (C=O) groups excluding carboxylic acids is 1. The number of ether oxygens (including phenoxy) is 1. The monoisotopic (exact) mass is 254 g/mol. The molecule has 0 saturated carbocycles. The maximum Gasteiger partial charge on any atom is 0.361 e. The number of aromatic amines is 1. The highest BCUT2D eigenvalue weighted by Gasteiger charge is 2.28. The Hall–Kier alpha value is -1.43. The topological polar surface area (TPSA) is 93.9 Å². The Kier molecular flexibility index (Phi) is 4.45. The van der Waals surface area contributed by atoms with Gasteiger partial charge in [-0.05, 0) is 26.7 Å². The number of esters is 1. The molecule has 0 bridgehead atoms. The largest absolute Gasteiger partial charge is 0.455 e. The van der Waals surface area contributed by atoms with Crippen LogP contribution < -0.4 is 5.73 Å². The van der Waals surface area contributed by atoms with E-state index in [1.165, 1.54) is 0 Å². The van der Waals surface area contributed by atoms with E-state index in [9.17, 15) is 4.79 Å². The van der Waals surface area contributed by atoms with Gasteiger partial charge in [-0.2, -0.15) is 10.3 Å². The van der Waals surface area contributed by atoms with Crippen molar-refractivity contribution >= 4 is 5.97 Å². The number of H-pyrrole nitrogens is 1. The fourth-order valence-electron chi connectivity index (χ4n) is 1.47. The fraction of sp³-hybridized carbons (Fsp3) is 0.750. The lowest BCUT2D eigenvalue weighted by Crippen LogP contribution is -2.27. The number of nitrogens with zero attached hydrogens (tertiary/aromatic N) is 2. The Morgan fingerprint density at radius 1 is 1.44 bits per heavy atom. The zero-order chi connectivity index (χ0) is 13.9. The molecule has 102 valence electrons. The standard InChI is InChI=1S/C12H22N4O2/c1-6-7(2)8(13)9-10(15-16-14-9)11(17)18-12(3,4)5/h7-8H,6,13H2,1-5H3,(H,14,15,16). The van der Waals surface area contributed by atoms with Crippen LogP contribution in [0.1, 0.15) is 63.3 Å². The first-order valence-electron chi connectivity index (χ1n) is 6.15. The van der Waals surface area contributed by atoms with Crippen molar-refractivity contribution < 1.29 is 9.53 Å². The fourth-order valence-corrected chi connectivity index (χ4v) is 1.47. The molecule has 0 fully saturated rings.